The Morgan fingerprint density at radius 1 is 1.07 bits per heavy atom. The van der Waals surface area contributed by atoms with E-state index in [1.807, 2.05) is 6.92 Å². The predicted molar refractivity (Wildman–Crippen MR) is 118 cm³/mol. The number of nitrogens with one attached hydrogen (secondary N) is 1. The normalized spacial score (nSPS) is 11.4. The van der Waals surface area contributed by atoms with Crippen molar-refractivity contribution in [3.8, 4) is 11.3 Å². The molecule has 0 atom stereocenters. The van der Waals surface area contributed by atoms with Crippen molar-refractivity contribution in [1.29, 1.82) is 0 Å². The molecule has 0 saturated carbocycles. The van der Waals surface area contributed by atoms with E-state index in [4.69, 9.17) is 0 Å². The van der Waals surface area contributed by atoms with Gasteiger partial charge in [0.15, 0.2) is 5.16 Å². The summed E-state index contributed by atoms with van der Waals surface area (Å²) in [6.07, 6.45) is -4.62. The van der Waals surface area contributed by atoms with Crippen LogP contribution in [0.4, 0.5) is 18.9 Å². The Bertz CT molecular complexity index is 1080. The summed E-state index contributed by atoms with van der Waals surface area (Å²) in [4.78, 5) is 20.1. The second-order valence-electron chi connectivity index (χ2n) is 6.25. The molecule has 1 amide bonds. The Kier molecular flexibility index (Phi) is 7.20. The van der Waals surface area contributed by atoms with Crippen LogP contribution in [0.2, 0.25) is 0 Å². The first kappa shape index (κ1) is 22.8. The van der Waals surface area contributed by atoms with Gasteiger partial charge in [0.1, 0.15) is 5.69 Å². The van der Waals surface area contributed by atoms with Gasteiger partial charge in [0.05, 0.1) is 17.1 Å². The van der Waals surface area contributed by atoms with E-state index in [0.717, 1.165) is 27.9 Å². The van der Waals surface area contributed by atoms with Gasteiger partial charge in [-0.25, -0.2) is 9.97 Å². The molecule has 1 N–H and O–H groups in total. The molecule has 3 rings (SSSR count). The van der Waals surface area contributed by atoms with Gasteiger partial charge in [0.2, 0.25) is 5.91 Å². The number of rotatable bonds is 5. The molecular formula is C20H14Br2F3N3OS. The smallest absolute Gasteiger partial charge is 0.324 e. The molecular weight excluding hydrogens is 547 g/mol. The molecule has 3 aromatic rings. The maximum Gasteiger partial charge on any atom is 0.433 e. The minimum Gasteiger partial charge on any atom is -0.324 e. The third kappa shape index (κ3) is 6.05. The van der Waals surface area contributed by atoms with Crippen LogP contribution in [0.25, 0.3) is 11.3 Å². The van der Waals surface area contributed by atoms with E-state index in [9.17, 15) is 18.0 Å². The molecule has 0 aliphatic rings. The van der Waals surface area contributed by atoms with Crippen molar-refractivity contribution in [2.45, 2.75) is 18.3 Å². The summed E-state index contributed by atoms with van der Waals surface area (Å²) in [7, 11) is 0. The van der Waals surface area contributed by atoms with Gasteiger partial charge in [-0.2, -0.15) is 13.2 Å². The zero-order chi connectivity index (χ0) is 21.9. The van der Waals surface area contributed by atoms with E-state index in [0.29, 0.717) is 15.7 Å². The lowest BCUT2D eigenvalue weighted by Crippen LogP contribution is -2.15. The van der Waals surface area contributed by atoms with Crippen LogP contribution in [-0.2, 0) is 11.0 Å². The number of halogens is 5. The summed E-state index contributed by atoms with van der Waals surface area (Å²) < 4.78 is 41.4. The topological polar surface area (TPSA) is 54.9 Å². The van der Waals surface area contributed by atoms with Gasteiger partial charge in [-0.1, -0.05) is 57.5 Å². The lowest BCUT2D eigenvalue weighted by atomic mass is 10.1. The lowest BCUT2D eigenvalue weighted by Gasteiger charge is -2.11. The molecule has 0 fully saturated rings. The van der Waals surface area contributed by atoms with Gasteiger partial charge in [0.25, 0.3) is 0 Å². The number of amides is 1. The van der Waals surface area contributed by atoms with Crippen LogP contribution in [0.15, 0.2) is 62.6 Å². The highest BCUT2D eigenvalue weighted by Gasteiger charge is 2.34. The number of thioether (sulfide) groups is 1. The van der Waals surface area contributed by atoms with Crippen LogP contribution in [0.5, 0.6) is 0 Å². The van der Waals surface area contributed by atoms with Crippen molar-refractivity contribution in [1.82, 2.24) is 9.97 Å². The van der Waals surface area contributed by atoms with Crippen LogP contribution >= 0.6 is 43.6 Å². The van der Waals surface area contributed by atoms with Crippen molar-refractivity contribution < 1.29 is 18.0 Å². The summed E-state index contributed by atoms with van der Waals surface area (Å²) in [5, 5.41) is 2.58. The third-order valence-electron chi connectivity index (χ3n) is 3.88. The number of nitrogens with zero attached hydrogens (tertiary/aromatic N) is 2. The Balaban J connectivity index is 1.80. The van der Waals surface area contributed by atoms with Gasteiger partial charge < -0.3 is 5.32 Å². The molecule has 30 heavy (non-hydrogen) atoms. The molecule has 0 bridgehead atoms. The number of carbonyl (C=O) groups is 1. The fraction of sp³-hybridized carbons (Fsp3) is 0.150. The summed E-state index contributed by atoms with van der Waals surface area (Å²) in [5.74, 6) is -0.537. The third-order valence-corrected chi connectivity index (χ3v) is 5.91. The molecule has 0 aliphatic carbocycles. The summed E-state index contributed by atoms with van der Waals surface area (Å²) in [6.45, 7) is 1.88. The van der Waals surface area contributed by atoms with E-state index in [1.54, 1.807) is 42.5 Å². The van der Waals surface area contributed by atoms with Crippen molar-refractivity contribution in [2.75, 3.05) is 11.1 Å². The standard InChI is InChI=1S/C20H14Br2F3N3OS/c1-11-2-4-12(5-3-11)15-9-17(20(23,24)25)28-19(27-15)30-10-18(29)26-16-8-13(21)6-7-14(16)22/h2-9H,10H2,1H3,(H,26,29). The minimum atomic E-state index is -4.62. The van der Waals surface area contributed by atoms with E-state index < -0.39 is 17.8 Å². The molecule has 2 aromatic carbocycles. The molecule has 0 unspecified atom stereocenters. The number of benzene rings is 2. The first-order chi connectivity index (χ1) is 14.1. The van der Waals surface area contributed by atoms with Gasteiger partial charge in [-0.05, 0) is 47.1 Å². The molecule has 1 aromatic heterocycles. The van der Waals surface area contributed by atoms with Gasteiger partial charge in [-0.15, -0.1) is 0 Å². The fourth-order valence-electron chi connectivity index (χ4n) is 2.42. The van der Waals surface area contributed by atoms with E-state index >= 15 is 0 Å². The van der Waals surface area contributed by atoms with Crippen LogP contribution in [0, 0.1) is 6.92 Å². The first-order valence-electron chi connectivity index (χ1n) is 8.53. The minimum absolute atomic E-state index is 0.121. The Morgan fingerprint density at radius 2 is 1.77 bits per heavy atom. The molecule has 0 saturated heterocycles. The lowest BCUT2D eigenvalue weighted by molar-refractivity contribution is -0.141. The molecule has 10 heteroatoms. The first-order valence-corrected chi connectivity index (χ1v) is 11.1. The highest BCUT2D eigenvalue weighted by molar-refractivity contribution is 9.11. The summed E-state index contributed by atoms with van der Waals surface area (Å²) in [6, 6.07) is 13.2. The summed E-state index contributed by atoms with van der Waals surface area (Å²) >= 11 is 7.49. The van der Waals surface area contributed by atoms with Crippen LogP contribution in [-0.4, -0.2) is 21.6 Å². The summed E-state index contributed by atoms with van der Waals surface area (Å²) in [5.41, 5.74) is 1.16. The van der Waals surface area contributed by atoms with Crippen LogP contribution in [0.3, 0.4) is 0 Å². The molecule has 4 nitrogen and oxygen atoms in total. The van der Waals surface area contributed by atoms with Crippen molar-refractivity contribution in [2.24, 2.45) is 0 Å². The number of hydrogen-bond donors (Lipinski definition) is 1. The number of aromatic nitrogens is 2. The highest BCUT2D eigenvalue weighted by atomic mass is 79.9. The quantitative estimate of drug-likeness (QED) is 0.278. The zero-order valence-electron chi connectivity index (χ0n) is 15.4. The number of carbonyl (C=O) groups excluding carboxylic acids is 1. The molecule has 1 heterocycles. The maximum atomic E-state index is 13.3. The Labute approximate surface area is 192 Å². The SMILES string of the molecule is Cc1ccc(-c2cc(C(F)(F)F)nc(SCC(=O)Nc3cc(Br)ccc3Br)n2)cc1. The predicted octanol–water partition coefficient (Wildman–Crippen LogP) is 6.73. The second-order valence-corrected chi connectivity index (χ2v) is 8.96. The Hall–Kier alpha value is -1.91. The Morgan fingerprint density at radius 3 is 2.43 bits per heavy atom. The molecule has 0 aliphatic heterocycles. The van der Waals surface area contributed by atoms with Crippen molar-refractivity contribution >= 4 is 55.2 Å². The van der Waals surface area contributed by atoms with Gasteiger partial charge >= 0.3 is 6.18 Å². The number of anilines is 1. The largest absolute Gasteiger partial charge is 0.433 e. The van der Waals surface area contributed by atoms with Crippen molar-refractivity contribution in [3.05, 3.63) is 68.7 Å². The average Bonchev–Trinajstić information content (AvgIpc) is 2.69. The van der Waals surface area contributed by atoms with Crippen LogP contribution < -0.4 is 5.32 Å². The zero-order valence-corrected chi connectivity index (χ0v) is 19.4. The number of hydrogen-bond acceptors (Lipinski definition) is 4. The van der Waals surface area contributed by atoms with E-state index in [-0.39, 0.29) is 16.6 Å². The highest BCUT2D eigenvalue weighted by Crippen LogP contribution is 2.32. The molecule has 0 spiro atoms. The van der Waals surface area contributed by atoms with Gasteiger partial charge in [-0.3, -0.25) is 4.79 Å². The van der Waals surface area contributed by atoms with Gasteiger partial charge in [0, 0.05) is 14.5 Å². The van der Waals surface area contributed by atoms with Crippen molar-refractivity contribution in [3.63, 3.8) is 0 Å². The fourth-order valence-corrected chi connectivity index (χ4v) is 3.78. The maximum absolute atomic E-state index is 13.3. The van der Waals surface area contributed by atoms with E-state index in [1.165, 1.54) is 0 Å². The second kappa shape index (κ2) is 9.49. The van der Waals surface area contributed by atoms with E-state index in [2.05, 4.69) is 47.1 Å². The monoisotopic (exact) mass is 559 g/mol. The molecule has 0 radical (unpaired) electrons. The molecule has 156 valence electrons. The number of alkyl halides is 3. The average molecular weight is 561 g/mol. The number of aryl methyl sites for hydroxylation is 1. The van der Waals surface area contributed by atoms with Crippen LogP contribution in [0.1, 0.15) is 11.3 Å².